The zero-order valence-electron chi connectivity index (χ0n) is 15.8. The number of rotatable bonds is 5. The maximum absolute atomic E-state index is 12.8. The number of carbonyl (C=O) groups is 1. The summed E-state index contributed by atoms with van der Waals surface area (Å²) in [4.78, 5) is 12.8. The number of benzene rings is 1. The van der Waals surface area contributed by atoms with E-state index in [2.05, 4.69) is 0 Å². The van der Waals surface area contributed by atoms with Gasteiger partial charge in [-0.15, -0.1) is 0 Å². The fourth-order valence-electron chi connectivity index (χ4n) is 4.26. The minimum atomic E-state index is -6.00. The highest BCUT2D eigenvalue weighted by Crippen LogP contribution is 2.55. The van der Waals surface area contributed by atoms with Gasteiger partial charge in [-0.05, 0) is 37.0 Å². The molecular weight excluding hydrogens is 374 g/mol. The summed E-state index contributed by atoms with van der Waals surface area (Å²) in [5, 5.41) is 0. The molecule has 0 radical (unpaired) electrons. The Labute approximate surface area is 161 Å². The molecule has 0 amide bonds. The van der Waals surface area contributed by atoms with Crippen molar-refractivity contribution in [2.75, 3.05) is 6.16 Å². The first-order valence-corrected chi connectivity index (χ1v) is 11.7. The molecule has 2 aliphatic rings. The van der Waals surface area contributed by atoms with Crippen molar-refractivity contribution in [2.45, 2.75) is 75.5 Å². The average molecular weight is 403 g/mol. The third kappa shape index (κ3) is 8.76. The molecule has 7 heteroatoms. The molecule has 0 saturated heterocycles. The van der Waals surface area contributed by atoms with Crippen molar-refractivity contribution in [3.8, 4) is 0 Å². The Morgan fingerprint density at radius 1 is 0.815 bits per heavy atom. The third-order valence-corrected chi connectivity index (χ3v) is 9.07. The Bertz CT molecular complexity index is 531. The van der Waals surface area contributed by atoms with Gasteiger partial charge in [0.15, 0.2) is 5.78 Å². The summed E-state index contributed by atoms with van der Waals surface area (Å²) in [6.07, 6.45) is 14.8. The van der Waals surface area contributed by atoms with Crippen molar-refractivity contribution >= 4 is 21.0 Å². The molecular formula is C20H29BF4OP-. The van der Waals surface area contributed by atoms with Crippen LogP contribution in [0.4, 0.5) is 17.3 Å². The molecule has 0 aromatic heterocycles. The highest BCUT2D eigenvalue weighted by atomic mass is 31.1. The van der Waals surface area contributed by atoms with Gasteiger partial charge in [-0.25, -0.2) is 0 Å². The van der Waals surface area contributed by atoms with E-state index in [4.69, 9.17) is 0 Å². The van der Waals surface area contributed by atoms with Crippen LogP contribution in [-0.2, 0) is 0 Å². The second-order valence-electron chi connectivity index (χ2n) is 7.54. The lowest BCUT2D eigenvalue weighted by atomic mass is 9.99. The molecule has 1 aromatic carbocycles. The van der Waals surface area contributed by atoms with Gasteiger partial charge in [0.1, 0.15) is 0 Å². The Kier molecular flexibility index (Phi) is 9.28. The van der Waals surface area contributed by atoms with E-state index in [1.54, 1.807) is 0 Å². The summed E-state index contributed by atoms with van der Waals surface area (Å²) in [7, 11) is -6.11. The number of hydrogen-bond acceptors (Lipinski definition) is 1. The highest BCUT2D eigenvalue weighted by molar-refractivity contribution is 7.60. The van der Waals surface area contributed by atoms with Crippen LogP contribution in [0.2, 0.25) is 0 Å². The lowest BCUT2D eigenvalue weighted by Gasteiger charge is -2.38. The maximum Gasteiger partial charge on any atom is 0.673 e. The van der Waals surface area contributed by atoms with Crippen molar-refractivity contribution in [2.24, 2.45) is 0 Å². The van der Waals surface area contributed by atoms with E-state index in [9.17, 15) is 22.1 Å². The van der Waals surface area contributed by atoms with E-state index in [0.29, 0.717) is 5.78 Å². The van der Waals surface area contributed by atoms with Gasteiger partial charge in [0, 0.05) is 11.7 Å². The lowest BCUT2D eigenvalue weighted by Crippen LogP contribution is -2.24. The predicted octanol–water partition coefficient (Wildman–Crippen LogP) is 7.32. The second-order valence-corrected chi connectivity index (χ2v) is 10.3. The van der Waals surface area contributed by atoms with E-state index in [1.807, 2.05) is 30.3 Å². The van der Waals surface area contributed by atoms with Crippen LogP contribution in [-0.4, -0.2) is 30.5 Å². The SMILES string of the molecule is F[B-](F)(F)F.O=C(CP(C1CCCCC1)C1CCCCC1)c1ccccc1. The summed E-state index contributed by atoms with van der Waals surface area (Å²) in [5.74, 6) is 0.405. The van der Waals surface area contributed by atoms with E-state index in [1.165, 1.54) is 64.2 Å². The topological polar surface area (TPSA) is 17.1 Å². The normalized spacial score (nSPS) is 19.4. The molecule has 0 aliphatic heterocycles. The lowest BCUT2D eigenvalue weighted by molar-refractivity contribution is 0.102. The minimum absolute atomic E-state index is 0.110. The van der Waals surface area contributed by atoms with E-state index < -0.39 is 7.25 Å². The van der Waals surface area contributed by atoms with E-state index in [-0.39, 0.29) is 7.92 Å². The number of Topliss-reactive ketones (excluding diaryl/α,β-unsaturated/α-hetero) is 1. The van der Waals surface area contributed by atoms with Gasteiger partial charge in [-0.3, -0.25) is 4.79 Å². The van der Waals surface area contributed by atoms with Crippen LogP contribution in [0.5, 0.6) is 0 Å². The first-order valence-electron chi connectivity index (χ1n) is 10.1. The molecule has 0 spiro atoms. The quantitative estimate of drug-likeness (QED) is 0.218. The van der Waals surface area contributed by atoms with Crippen LogP contribution in [0, 0.1) is 0 Å². The van der Waals surface area contributed by atoms with Crippen LogP contribution in [0.15, 0.2) is 30.3 Å². The molecule has 2 saturated carbocycles. The number of halogens is 4. The number of hydrogen-bond donors (Lipinski definition) is 0. The van der Waals surface area contributed by atoms with Crippen LogP contribution in [0.25, 0.3) is 0 Å². The third-order valence-electron chi connectivity index (χ3n) is 5.51. The number of carbonyl (C=O) groups excluding carboxylic acids is 1. The summed E-state index contributed by atoms with van der Waals surface area (Å²) in [6.45, 7) is 0. The summed E-state index contributed by atoms with van der Waals surface area (Å²) >= 11 is 0. The fourth-order valence-corrected chi connectivity index (χ4v) is 7.95. The molecule has 27 heavy (non-hydrogen) atoms. The molecule has 152 valence electrons. The zero-order chi connectivity index (χ0) is 19.7. The Morgan fingerprint density at radius 3 is 1.63 bits per heavy atom. The standard InChI is InChI=1S/C20H29OP.BF4/c21-20(17-10-4-1-5-11-17)16-22(18-12-6-2-7-13-18)19-14-8-3-9-15-19;2-1(3,4)5/h1,4-5,10-11,18-19H,2-3,6-9,12-16H2;/q;-1. The highest BCUT2D eigenvalue weighted by Gasteiger charge is 2.32. The van der Waals surface area contributed by atoms with Gasteiger partial charge in [0.05, 0.1) is 0 Å². The molecule has 0 unspecified atom stereocenters. The Hall–Kier alpha value is -0.895. The second kappa shape index (κ2) is 11.2. The van der Waals surface area contributed by atoms with E-state index in [0.717, 1.165) is 23.0 Å². The van der Waals surface area contributed by atoms with Crippen molar-refractivity contribution in [3.05, 3.63) is 35.9 Å². The summed E-state index contributed by atoms with van der Waals surface area (Å²) in [6, 6.07) is 9.99. The van der Waals surface area contributed by atoms with Gasteiger partial charge >= 0.3 is 7.25 Å². The molecule has 0 atom stereocenters. The summed E-state index contributed by atoms with van der Waals surface area (Å²) in [5.41, 5.74) is 2.68. The van der Waals surface area contributed by atoms with Crippen molar-refractivity contribution in [1.29, 1.82) is 0 Å². The monoisotopic (exact) mass is 403 g/mol. The predicted molar refractivity (Wildman–Crippen MR) is 106 cm³/mol. The van der Waals surface area contributed by atoms with Crippen LogP contribution in [0.3, 0.4) is 0 Å². The largest absolute Gasteiger partial charge is 0.673 e. The Morgan fingerprint density at radius 2 is 1.22 bits per heavy atom. The molecule has 3 rings (SSSR count). The van der Waals surface area contributed by atoms with Crippen molar-refractivity contribution in [1.82, 2.24) is 0 Å². The molecule has 0 heterocycles. The first kappa shape index (κ1) is 22.4. The molecule has 2 fully saturated rings. The van der Waals surface area contributed by atoms with Crippen molar-refractivity contribution in [3.63, 3.8) is 0 Å². The molecule has 1 nitrogen and oxygen atoms in total. The summed E-state index contributed by atoms with van der Waals surface area (Å²) < 4.78 is 39.0. The smallest absolute Gasteiger partial charge is 0.418 e. The van der Waals surface area contributed by atoms with Gasteiger partial charge in [-0.2, -0.15) is 0 Å². The molecule has 2 aliphatic carbocycles. The fraction of sp³-hybridized carbons (Fsp3) is 0.650. The minimum Gasteiger partial charge on any atom is -0.418 e. The van der Waals surface area contributed by atoms with Gasteiger partial charge in [0.25, 0.3) is 0 Å². The average Bonchev–Trinajstić information content (AvgIpc) is 2.67. The molecule has 1 aromatic rings. The van der Waals surface area contributed by atoms with Crippen LogP contribution < -0.4 is 0 Å². The first-order chi connectivity index (χ1) is 12.8. The maximum atomic E-state index is 12.8. The van der Waals surface area contributed by atoms with Crippen LogP contribution in [0.1, 0.15) is 74.6 Å². The molecule has 0 N–H and O–H groups in total. The van der Waals surface area contributed by atoms with Gasteiger partial charge in [0.2, 0.25) is 0 Å². The van der Waals surface area contributed by atoms with Crippen LogP contribution >= 0.6 is 7.92 Å². The zero-order valence-corrected chi connectivity index (χ0v) is 16.7. The van der Waals surface area contributed by atoms with Crippen molar-refractivity contribution < 1.29 is 22.1 Å². The van der Waals surface area contributed by atoms with Gasteiger partial charge in [-0.1, -0.05) is 76.8 Å². The molecule has 0 bridgehead atoms. The number of ketones is 1. The van der Waals surface area contributed by atoms with E-state index >= 15 is 0 Å². The van der Waals surface area contributed by atoms with Gasteiger partial charge < -0.3 is 17.3 Å². The Balaban J connectivity index is 0.000000465.